The number of allylic oxidation sites excluding steroid dienone is 1. The van der Waals surface area contributed by atoms with E-state index in [9.17, 15) is 0 Å². The number of nitrogens with one attached hydrogen (secondary N) is 1. The van der Waals surface area contributed by atoms with E-state index in [4.69, 9.17) is 0 Å². The first-order valence-corrected chi connectivity index (χ1v) is 7.89. The largest absolute Gasteiger partial charge is 0.346 e. The first-order valence-electron chi connectivity index (χ1n) is 7.89. The molecule has 0 spiro atoms. The lowest BCUT2D eigenvalue weighted by Gasteiger charge is -2.05. The van der Waals surface area contributed by atoms with Crippen LogP contribution in [-0.4, -0.2) is 24.7 Å². The molecule has 1 N–H and O–H groups in total. The number of pyridine rings is 2. The van der Waals surface area contributed by atoms with Gasteiger partial charge >= 0.3 is 0 Å². The van der Waals surface area contributed by atoms with Gasteiger partial charge in [-0.15, -0.1) is 0 Å². The van der Waals surface area contributed by atoms with Crippen LogP contribution in [0.1, 0.15) is 16.7 Å². The molecule has 0 aromatic carbocycles. The predicted octanol–water partition coefficient (Wildman–Crippen LogP) is 3.35. The molecule has 116 valence electrons. The number of rotatable bonds is 2. The molecule has 0 fully saturated rings. The zero-order valence-corrected chi connectivity index (χ0v) is 13.2. The molecule has 4 aromatic rings. The summed E-state index contributed by atoms with van der Waals surface area (Å²) in [5.41, 5.74) is 8.03. The first kappa shape index (κ1) is 13.2. The van der Waals surface area contributed by atoms with Crippen LogP contribution < -0.4 is 0 Å². The summed E-state index contributed by atoms with van der Waals surface area (Å²) in [5.74, 6) is 0. The molecule has 4 aromatic heterocycles. The number of aromatic amines is 1. The highest BCUT2D eigenvalue weighted by Crippen LogP contribution is 2.36. The van der Waals surface area contributed by atoms with Gasteiger partial charge in [0.2, 0.25) is 0 Å². The monoisotopic (exact) mass is 313 g/mol. The molecule has 0 unspecified atom stereocenters. The molecule has 0 aliphatic heterocycles. The predicted molar refractivity (Wildman–Crippen MR) is 93.3 cm³/mol. The van der Waals surface area contributed by atoms with Gasteiger partial charge in [0.15, 0.2) is 0 Å². The minimum Gasteiger partial charge on any atom is -0.346 e. The zero-order valence-electron chi connectivity index (χ0n) is 13.2. The Morgan fingerprint density at radius 2 is 2.08 bits per heavy atom. The van der Waals surface area contributed by atoms with Gasteiger partial charge in [0.25, 0.3) is 0 Å². The van der Waals surface area contributed by atoms with E-state index < -0.39 is 0 Å². The van der Waals surface area contributed by atoms with Crippen LogP contribution >= 0.6 is 0 Å². The molecular formula is C19H15N5. The third-order valence-electron chi connectivity index (χ3n) is 4.58. The van der Waals surface area contributed by atoms with Crippen LogP contribution in [0.5, 0.6) is 0 Å². The lowest BCUT2D eigenvalue weighted by Crippen LogP contribution is -1.88. The Labute approximate surface area is 138 Å². The summed E-state index contributed by atoms with van der Waals surface area (Å²) in [6, 6.07) is 4.27. The zero-order chi connectivity index (χ0) is 16.1. The number of H-pyrrole nitrogens is 1. The van der Waals surface area contributed by atoms with E-state index in [2.05, 4.69) is 38.3 Å². The Hall–Kier alpha value is -3.21. The maximum absolute atomic E-state index is 4.58. The Bertz CT molecular complexity index is 1100. The van der Waals surface area contributed by atoms with E-state index in [1.54, 1.807) is 4.68 Å². The van der Waals surface area contributed by atoms with Crippen molar-refractivity contribution >= 4 is 16.6 Å². The molecule has 24 heavy (non-hydrogen) atoms. The average molecular weight is 313 g/mol. The lowest BCUT2D eigenvalue weighted by molar-refractivity contribution is 0.768. The van der Waals surface area contributed by atoms with Crippen molar-refractivity contribution in [1.82, 2.24) is 24.7 Å². The van der Waals surface area contributed by atoms with Crippen LogP contribution in [0.2, 0.25) is 0 Å². The summed E-state index contributed by atoms with van der Waals surface area (Å²) >= 11 is 0. The van der Waals surface area contributed by atoms with Crippen LogP contribution in [0.3, 0.4) is 0 Å². The van der Waals surface area contributed by atoms with Crippen molar-refractivity contribution in [2.75, 3.05) is 0 Å². The molecule has 0 saturated heterocycles. The van der Waals surface area contributed by atoms with Gasteiger partial charge < -0.3 is 4.98 Å². The maximum atomic E-state index is 4.58. The molecule has 1 aliphatic rings. The van der Waals surface area contributed by atoms with E-state index >= 15 is 0 Å². The number of nitrogens with zero attached hydrogens (tertiary/aromatic N) is 4. The highest BCUT2D eigenvalue weighted by Gasteiger charge is 2.19. The molecule has 0 amide bonds. The fourth-order valence-corrected chi connectivity index (χ4v) is 3.38. The van der Waals surface area contributed by atoms with Crippen LogP contribution in [0.25, 0.3) is 27.7 Å². The van der Waals surface area contributed by atoms with Gasteiger partial charge in [-0.25, -0.2) is 4.98 Å². The van der Waals surface area contributed by atoms with Crippen molar-refractivity contribution < 1.29 is 0 Å². The summed E-state index contributed by atoms with van der Waals surface area (Å²) in [5, 5.41) is 5.38. The fraction of sp³-hybridized carbons (Fsp3) is 0.105. The highest BCUT2D eigenvalue weighted by atomic mass is 15.2. The second kappa shape index (κ2) is 4.89. The van der Waals surface area contributed by atoms with E-state index in [-0.39, 0.29) is 0 Å². The minimum atomic E-state index is 0.904. The van der Waals surface area contributed by atoms with Crippen LogP contribution in [0, 0.1) is 0 Å². The third kappa shape index (κ3) is 1.91. The number of hydrogen-bond donors (Lipinski definition) is 1. The van der Waals surface area contributed by atoms with Crippen molar-refractivity contribution in [2.24, 2.45) is 7.05 Å². The number of aryl methyl sites for hydroxylation is 1. The topological polar surface area (TPSA) is 59.4 Å². The van der Waals surface area contributed by atoms with Gasteiger partial charge in [-0.05, 0) is 35.3 Å². The molecule has 5 rings (SSSR count). The maximum Gasteiger partial charge on any atom is 0.137 e. The van der Waals surface area contributed by atoms with E-state index in [0.717, 1.165) is 28.6 Å². The van der Waals surface area contributed by atoms with Crippen molar-refractivity contribution in [3.8, 4) is 11.1 Å². The summed E-state index contributed by atoms with van der Waals surface area (Å²) in [4.78, 5) is 12.1. The molecular weight excluding hydrogens is 298 g/mol. The minimum absolute atomic E-state index is 0.904. The SMILES string of the molecule is Cn1cc(-c2cnc3[nH]cc(C4=CCc5cnccc54)c3c2)cn1. The van der Waals surface area contributed by atoms with Gasteiger partial charge in [0.05, 0.1) is 6.20 Å². The van der Waals surface area contributed by atoms with E-state index in [1.807, 2.05) is 44.2 Å². The highest BCUT2D eigenvalue weighted by molar-refractivity contribution is 5.98. The first-order chi connectivity index (χ1) is 11.8. The smallest absolute Gasteiger partial charge is 0.137 e. The second-order valence-electron chi connectivity index (χ2n) is 6.08. The fourth-order valence-electron chi connectivity index (χ4n) is 3.38. The van der Waals surface area contributed by atoms with Crippen LogP contribution in [-0.2, 0) is 13.5 Å². The lowest BCUT2D eigenvalue weighted by atomic mass is 9.99. The quantitative estimate of drug-likeness (QED) is 0.617. The Morgan fingerprint density at radius 3 is 2.96 bits per heavy atom. The van der Waals surface area contributed by atoms with Gasteiger partial charge in [0, 0.05) is 60.1 Å². The molecule has 5 nitrogen and oxygen atoms in total. The summed E-state index contributed by atoms with van der Waals surface area (Å²) < 4.78 is 1.81. The van der Waals surface area contributed by atoms with Crippen molar-refractivity contribution in [3.05, 3.63) is 72.1 Å². The average Bonchev–Trinajstić information content (AvgIpc) is 3.31. The van der Waals surface area contributed by atoms with Crippen molar-refractivity contribution in [1.29, 1.82) is 0 Å². The molecule has 0 saturated carbocycles. The standard InChI is InChI=1S/C19H15N5/c1-24-11-14(9-23-24)13-6-17-18(10-22-19(17)21-8-13)16-3-2-12-7-20-5-4-15(12)16/h3-11H,2H2,1H3,(H,21,22). The van der Waals surface area contributed by atoms with Crippen LogP contribution in [0.15, 0.2) is 55.4 Å². The number of hydrogen-bond acceptors (Lipinski definition) is 3. The molecule has 0 bridgehead atoms. The molecule has 1 aliphatic carbocycles. The van der Waals surface area contributed by atoms with Gasteiger partial charge in [-0.1, -0.05) is 6.08 Å². The number of aromatic nitrogens is 5. The summed E-state index contributed by atoms with van der Waals surface area (Å²) in [7, 11) is 1.92. The van der Waals surface area contributed by atoms with Crippen molar-refractivity contribution in [2.45, 2.75) is 6.42 Å². The van der Waals surface area contributed by atoms with Gasteiger partial charge in [0.1, 0.15) is 5.65 Å². The molecule has 0 atom stereocenters. The Morgan fingerprint density at radius 1 is 1.12 bits per heavy atom. The van der Waals surface area contributed by atoms with E-state index in [1.165, 1.54) is 22.3 Å². The molecule has 4 heterocycles. The van der Waals surface area contributed by atoms with Crippen molar-refractivity contribution in [3.63, 3.8) is 0 Å². The van der Waals surface area contributed by atoms with Crippen LogP contribution in [0.4, 0.5) is 0 Å². The summed E-state index contributed by atoms with van der Waals surface area (Å²) in [6.45, 7) is 0. The van der Waals surface area contributed by atoms with Gasteiger partial charge in [-0.3, -0.25) is 9.67 Å². The van der Waals surface area contributed by atoms with Gasteiger partial charge in [-0.2, -0.15) is 5.10 Å². The second-order valence-corrected chi connectivity index (χ2v) is 6.08. The Kier molecular flexibility index (Phi) is 2.70. The Balaban J connectivity index is 1.68. The summed E-state index contributed by atoms with van der Waals surface area (Å²) in [6.07, 6.45) is 14.8. The molecule has 0 radical (unpaired) electrons. The number of fused-ring (bicyclic) bond motifs is 2. The molecule has 5 heteroatoms. The third-order valence-corrected chi connectivity index (χ3v) is 4.58. The normalized spacial score (nSPS) is 13.3. The van der Waals surface area contributed by atoms with E-state index in [0.29, 0.717) is 0 Å².